The maximum Gasteiger partial charge on any atom is 0.0466 e. The Morgan fingerprint density at radius 3 is 0.667 bits per heavy atom. The van der Waals surface area contributed by atoms with E-state index in [4.69, 9.17) is 4.74 Å². The molecule has 0 aliphatic heterocycles. The quantitative estimate of drug-likeness (QED) is 0.0956. The molecule has 0 saturated heterocycles. The van der Waals surface area contributed by atoms with Crippen LogP contribution >= 0.6 is 0 Å². The van der Waals surface area contributed by atoms with Crippen molar-refractivity contribution in [3.8, 4) is 0 Å². The summed E-state index contributed by atoms with van der Waals surface area (Å²) < 4.78 is 5.73. The molecule has 0 heterocycles. The minimum Gasteiger partial charge on any atom is -0.381 e. The Kier molecular flexibility index (Phi) is 31.9. The smallest absolute Gasteiger partial charge is 0.0466 e. The fourth-order valence-electron chi connectivity index (χ4n) is 4.90. The summed E-state index contributed by atoms with van der Waals surface area (Å²) in [4.78, 5) is 0. The van der Waals surface area contributed by atoms with E-state index in [0.717, 1.165) is 13.2 Å². The molecule has 0 aromatic heterocycles. The van der Waals surface area contributed by atoms with E-state index in [2.05, 4.69) is 13.8 Å². The van der Waals surface area contributed by atoms with Crippen molar-refractivity contribution in [1.29, 1.82) is 0 Å². The van der Waals surface area contributed by atoms with Crippen molar-refractivity contribution >= 4 is 0 Å². The molecular formula is C32H66O. The van der Waals surface area contributed by atoms with Crippen LogP contribution in [0, 0.1) is 0 Å². The molecule has 0 aliphatic carbocycles. The van der Waals surface area contributed by atoms with E-state index in [1.807, 2.05) is 0 Å². The molecule has 0 N–H and O–H groups in total. The molecule has 1 heteroatoms. The Morgan fingerprint density at radius 2 is 0.424 bits per heavy atom. The third-order valence-corrected chi connectivity index (χ3v) is 7.28. The lowest BCUT2D eigenvalue weighted by Gasteiger charge is -2.05. The van der Waals surface area contributed by atoms with Crippen LogP contribution in [0.15, 0.2) is 0 Å². The van der Waals surface area contributed by atoms with Gasteiger partial charge in [0.25, 0.3) is 0 Å². The largest absolute Gasteiger partial charge is 0.381 e. The van der Waals surface area contributed by atoms with E-state index < -0.39 is 0 Å². The van der Waals surface area contributed by atoms with Crippen LogP contribution in [0.1, 0.15) is 194 Å². The van der Waals surface area contributed by atoms with E-state index in [1.54, 1.807) is 0 Å². The summed E-state index contributed by atoms with van der Waals surface area (Å²) >= 11 is 0. The van der Waals surface area contributed by atoms with Crippen LogP contribution in [0.25, 0.3) is 0 Å². The predicted molar refractivity (Wildman–Crippen MR) is 151 cm³/mol. The Labute approximate surface area is 211 Å². The summed E-state index contributed by atoms with van der Waals surface area (Å²) in [6.45, 7) is 6.55. The van der Waals surface area contributed by atoms with Crippen molar-refractivity contribution in [2.45, 2.75) is 194 Å². The lowest BCUT2D eigenvalue weighted by molar-refractivity contribution is 0.125. The standard InChI is InChI=1S/C32H66O/c1-3-5-7-9-10-11-12-13-14-15-16-17-18-19-20-21-22-23-24-25-26-27-28-30-32-33-31-29-8-6-4-2/h3-32H2,1-2H3. The summed E-state index contributed by atoms with van der Waals surface area (Å²) in [5.41, 5.74) is 0. The van der Waals surface area contributed by atoms with Gasteiger partial charge >= 0.3 is 0 Å². The second-order valence-corrected chi connectivity index (χ2v) is 10.8. The average Bonchev–Trinajstić information content (AvgIpc) is 2.83. The third kappa shape index (κ3) is 32.0. The second-order valence-electron chi connectivity index (χ2n) is 10.8. The van der Waals surface area contributed by atoms with Crippen molar-refractivity contribution in [2.75, 3.05) is 13.2 Å². The molecule has 0 rings (SSSR count). The molecule has 0 aliphatic rings. The Bertz CT molecular complexity index is 284. The van der Waals surface area contributed by atoms with E-state index in [1.165, 1.54) is 180 Å². The monoisotopic (exact) mass is 467 g/mol. The van der Waals surface area contributed by atoms with Gasteiger partial charge in [0.2, 0.25) is 0 Å². The molecule has 0 atom stereocenters. The van der Waals surface area contributed by atoms with Gasteiger partial charge in [-0.2, -0.15) is 0 Å². The first kappa shape index (κ1) is 33.0. The van der Waals surface area contributed by atoms with Crippen molar-refractivity contribution in [3.63, 3.8) is 0 Å². The number of hydrogen-bond donors (Lipinski definition) is 0. The van der Waals surface area contributed by atoms with Crippen molar-refractivity contribution in [2.24, 2.45) is 0 Å². The first-order valence-electron chi connectivity index (χ1n) is 16.0. The summed E-state index contributed by atoms with van der Waals surface area (Å²) in [6.07, 6.45) is 40.2. The second kappa shape index (κ2) is 32.0. The number of ether oxygens (including phenoxy) is 1. The van der Waals surface area contributed by atoms with Gasteiger partial charge in [0.15, 0.2) is 0 Å². The highest BCUT2D eigenvalue weighted by Gasteiger charge is 1.96. The first-order chi connectivity index (χ1) is 16.4. The molecule has 0 amide bonds. The molecule has 0 bridgehead atoms. The lowest BCUT2D eigenvalue weighted by Crippen LogP contribution is -1.97. The predicted octanol–water partition coefficient (Wildman–Crippen LogP) is 12.0. The summed E-state index contributed by atoms with van der Waals surface area (Å²) in [5.74, 6) is 0. The summed E-state index contributed by atoms with van der Waals surface area (Å²) in [6, 6.07) is 0. The topological polar surface area (TPSA) is 9.23 Å². The van der Waals surface area contributed by atoms with Gasteiger partial charge in [-0.15, -0.1) is 0 Å². The summed E-state index contributed by atoms with van der Waals surface area (Å²) in [5, 5.41) is 0. The fraction of sp³-hybridized carbons (Fsp3) is 1.00. The number of rotatable bonds is 30. The minimum atomic E-state index is 0.985. The SMILES string of the molecule is CCCCCCCCCCCCCCCCCCCCCCCCCCOCCCCCC. The van der Waals surface area contributed by atoms with Gasteiger partial charge in [0.05, 0.1) is 0 Å². The molecule has 200 valence electrons. The van der Waals surface area contributed by atoms with Gasteiger partial charge in [0.1, 0.15) is 0 Å². The van der Waals surface area contributed by atoms with Gasteiger partial charge in [0, 0.05) is 13.2 Å². The Balaban J connectivity index is 2.99. The van der Waals surface area contributed by atoms with Crippen LogP contribution in [-0.2, 0) is 4.74 Å². The number of unbranched alkanes of at least 4 members (excludes halogenated alkanes) is 26. The van der Waals surface area contributed by atoms with Gasteiger partial charge in [-0.25, -0.2) is 0 Å². The molecule has 0 spiro atoms. The van der Waals surface area contributed by atoms with Crippen LogP contribution in [0.3, 0.4) is 0 Å². The van der Waals surface area contributed by atoms with E-state index in [-0.39, 0.29) is 0 Å². The molecule has 0 unspecified atom stereocenters. The van der Waals surface area contributed by atoms with Crippen LogP contribution in [0.4, 0.5) is 0 Å². The minimum absolute atomic E-state index is 0.985. The molecule has 33 heavy (non-hydrogen) atoms. The van der Waals surface area contributed by atoms with Crippen LogP contribution in [-0.4, -0.2) is 13.2 Å². The number of hydrogen-bond acceptors (Lipinski definition) is 1. The highest BCUT2D eigenvalue weighted by atomic mass is 16.5. The van der Waals surface area contributed by atoms with Gasteiger partial charge in [-0.1, -0.05) is 181 Å². The van der Waals surface area contributed by atoms with Crippen LogP contribution in [0.5, 0.6) is 0 Å². The molecule has 0 radical (unpaired) electrons. The zero-order chi connectivity index (χ0) is 23.9. The molecule has 0 fully saturated rings. The molecule has 1 nitrogen and oxygen atoms in total. The molecule has 0 aromatic carbocycles. The van der Waals surface area contributed by atoms with Crippen molar-refractivity contribution < 1.29 is 4.74 Å². The van der Waals surface area contributed by atoms with Gasteiger partial charge < -0.3 is 4.74 Å². The molecule has 0 saturated carbocycles. The Morgan fingerprint density at radius 1 is 0.242 bits per heavy atom. The zero-order valence-electron chi connectivity index (χ0n) is 23.6. The van der Waals surface area contributed by atoms with Gasteiger partial charge in [-0.3, -0.25) is 0 Å². The van der Waals surface area contributed by atoms with Crippen molar-refractivity contribution in [3.05, 3.63) is 0 Å². The van der Waals surface area contributed by atoms with Crippen LogP contribution < -0.4 is 0 Å². The fourth-order valence-corrected chi connectivity index (χ4v) is 4.90. The summed E-state index contributed by atoms with van der Waals surface area (Å²) in [7, 11) is 0. The van der Waals surface area contributed by atoms with Crippen LogP contribution in [0.2, 0.25) is 0 Å². The Hall–Kier alpha value is -0.0400. The maximum absolute atomic E-state index is 5.73. The molecular weight excluding hydrogens is 400 g/mol. The maximum atomic E-state index is 5.73. The van der Waals surface area contributed by atoms with E-state index in [9.17, 15) is 0 Å². The zero-order valence-corrected chi connectivity index (χ0v) is 23.6. The average molecular weight is 467 g/mol. The third-order valence-electron chi connectivity index (χ3n) is 7.28. The lowest BCUT2D eigenvalue weighted by atomic mass is 10.0. The van der Waals surface area contributed by atoms with Gasteiger partial charge in [-0.05, 0) is 12.8 Å². The molecule has 0 aromatic rings. The highest BCUT2D eigenvalue weighted by Crippen LogP contribution is 2.15. The van der Waals surface area contributed by atoms with E-state index >= 15 is 0 Å². The first-order valence-corrected chi connectivity index (χ1v) is 16.0. The normalized spacial score (nSPS) is 11.5. The van der Waals surface area contributed by atoms with E-state index in [0.29, 0.717) is 0 Å². The van der Waals surface area contributed by atoms with Crippen molar-refractivity contribution in [1.82, 2.24) is 0 Å². The highest BCUT2D eigenvalue weighted by molar-refractivity contribution is 4.51.